The minimum absolute atomic E-state index is 0. The van der Waals surface area contributed by atoms with Gasteiger partial charge in [-0.25, -0.2) is 0 Å². The number of hydrogen-bond donors (Lipinski definition) is 2. The summed E-state index contributed by atoms with van der Waals surface area (Å²) >= 11 is 0. The van der Waals surface area contributed by atoms with Crippen molar-refractivity contribution in [3.8, 4) is 0 Å². The van der Waals surface area contributed by atoms with Crippen LogP contribution >= 0.6 is 7.82 Å². The number of carboxylic acid groups (broad SMARTS) is 1. The molecule has 0 amide bonds. The first kappa shape index (κ1) is 54.1. The minimum atomic E-state index is -4.96. The Hall–Kier alpha value is -1.04. The smallest absolute Gasteiger partial charge is 0.756 e. The Bertz CT molecular complexity index is 997. The van der Waals surface area contributed by atoms with E-state index in [0.717, 1.165) is 64.2 Å². The van der Waals surface area contributed by atoms with E-state index in [4.69, 9.17) is 24.8 Å². The van der Waals surface area contributed by atoms with Crippen molar-refractivity contribution in [1.29, 1.82) is 0 Å². The number of hydrogen-bond acceptors (Lipinski definition) is 10. The number of nitrogens with two attached hydrogens (primary N) is 1. The zero-order valence-corrected chi connectivity index (χ0v) is 36.5. The van der Waals surface area contributed by atoms with E-state index < -0.39 is 51.1 Å². The Morgan fingerprint density at radius 3 is 1.55 bits per heavy atom. The van der Waals surface area contributed by atoms with Gasteiger partial charge in [0.2, 0.25) is 0 Å². The number of aliphatic carboxylic acids is 1. The fraction of sp³-hybridized carbons (Fsp3) is 0.825. The van der Waals surface area contributed by atoms with Gasteiger partial charge in [-0.3, -0.25) is 18.9 Å². The van der Waals surface area contributed by atoms with Crippen LogP contribution in [0.5, 0.6) is 0 Å². The predicted molar refractivity (Wildman–Crippen MR) is 206 cm³/mol. The molecule has 304 valence electrons. The molecular weight excluding hydrogens is 708 g/mol. The van der Waals surface area contributed by atoms with Crippen molar-refractivity contribution < 1.29 is 77.0 Å². The van der Waals surface area contributed by atoms with Crippen molar-refractivity contribution in [2.24, 2.45) is 5.73 Å². The number of carbonyl (C=O) groups is 3. The Balaban J connectivity index is 0. The van der Waals surface area contributed by atoms with Crippen LogP contribution in [-0.4, -0.2) is 55.0 Å². The number of ether oxygens (including phenoxy) is 2. The van der Waals surface area contributed by atoms with Gasteiger partial charge in [0.15, 0.2) is 6.10 Å². The van der Waals surface area contributed by atoms with Crippen LogP contribution in [0.4, 0.5) is 0 Å². The summed E-state index contributed by atoms with van der Waals surface area (Å²) in [5.41, 5.74) is 5.29. The van der Waals surface area contributed by atoms with E-state index in [1.165, 1.54) is 77.0 Å². The number of phosphoric ester groups is 1. The number of rotatable bonds is 38. The van der Waals surface area contributed by atoms with Crippen LogP contribution in [0.3, 0.4) is 0 Å². The van der Waals surface area contributed by atoms with E-state index in [1.807, 2.05) is 0 Å². The Kier molecular flexibility index (Phi) is 40.0. The second-order valence-electron chi connectivity index (χ2n) is 13.8. The Labute approximate surface area is 343 Å². The molecule has 0 bridgehead atoms. The van der Waals surface area contributed by atoms with Crippen molar-refractivity contribution in [1.82, 2.24) is 0 Å². The summed E-state index contributed by atoms with van der Waals surface area (Å²) < 4.78 is 32.2. The zero-order valence-electron chi connectivity index (χ0n) is 33.6. The van der Waals surface area contributed by atoms with E-state index in [2.05, 4.69) is 42.7 Å². The second kappa shape index (κ2) is 39.2. The molecule has 0 saturated heterocycles. The number of phosphoric acid groups is 1. The number of unbranched alkanes of at least 4 members (excludes halogenated alkanes) is 20. The maximum atomic E-state index is 12.6. The van der Waals surface area contributed by atoms with Gasteiger partial charge in [-0.15, -0.1) is 0 Å². The number of carboxylic acids is 1. The SMILES string of the molecule is CCCCC/C=C\C/C=C\CCCCCCCC(=O)O[C@H](COC(=O)CCCCCCCCCCCCCCC)COP(=O)([O-])OC[C@H](N)C(=O)O.[Na+]. The van der Waals surface area contributed by atoms with Gasteiger partial charge in [-0.05, 0) is 44.9 Å². The molecule has 0 aliphatic heterocycles. The van der Waals surface area contributed by atoms with Gasteiger partial charge in [-0.2, -0.15) is 0 Å². The third kappa shape index (κ3) is 39.0. The predicted octanol–water partition coefficient (Wildman–Crippen LogP) is 6.65. The van der Waals surface area contributed by atoms with Gasteiger partial charge in [0.05, 0.1) is 13.2 Å². The topological polar surface area (TPSA) is 175 Å². The largest absolute Gasteiger partial charge is 1.00 e. The number of carbonyl (C=O) groups excluding carboxylic acids is 2. The summed E-state index contributed by atoms with van der Waals surface area (Å²) in [5.74, 6) is -2.45. The molecule has 0 aromatic carbocycles. The average Bonchev–Trinajstić information content (AvgIpc) is 3.12. The molecule has 1 unspecified atom stereocenters. The van der Waals surface area contributed by atoms with Crippen LogP contribution in [-0.2, 0) is 37.5 Å². The molecular formula is C40H73NNaO10P. The summed E-state index contributed by atoms with van der Waals surface area (Å²) in [6.45, 7) is 2.60. The van der Waals surface area contributed by atoms with Gasteiger partial charge in [0.1, 0.15) is 12.6 Å². The summed E-state index contributed by atoms with van der Waals surface area (Å²) in [6, 6.07) is -1.56. The first-order valence-electron chi connectivity index (χ1n) is 20.3. The maximum Gasteiger partial charge on any atom is 1.00 e. The molecule has 0 aliphatic carbocycles. The molecule has 13 heteroatoms. The van der Waals surface area contributed by atoms with E-state index in [1.54, 1.807) is 0 Å². The first-order valence-corrected chi connectivity index (χ1v) is 21.8. The molecule has 11 nitrogen and oxygen atoms in total. The van der Waals surface area contributed by atoms with Crippen molar-refractivity contribution in [3.63, 3.8) is 0 Å². The zero-order chi connectivity index (χ0) is 38.5. The molecule has 0 spiro atoms. The third-order valence-corrected chi connectivity index (χ3v) is 9.62. The normalized spacial score (nSPS) is 13.8. The van der Waals surface area contributed by atoms with Gasteiger partial charge in [0.25, 0.3) is 7.82 Å². The fourth-order valence-corrected chi connectivity index (χ4v) is 6.21. The molecule has 0 aromatic rings. The summed E-state index contributed by atoms with van der Waals surface area (Å²) in [4.78, 5) is 48.0. The van der Waals surface area contributed by atoms with Crippen LogP contribution < -0.4 is 40.2 Å². The summed E-state index contributed by atoms with van der Waals surface area (Å²) in [7, 11) is -4.96. The van der Waals surface area contributed by atoms with Gasteiger partial charge in [-0.1, -0.05) is 147 Å². The van der Waals surface area contributed by atoms with E-state index in [-0.39, 0.29) is 49.0 Å². The monoisotopic (exact) mass is 781 g/mol. The molecule has 0 fully saturated rings. The molecule has 0 rings (SSSR count). The van der Waals surface area contributed by atoms with Crippen LogP contribution in [0.1, 0.15) is 181 Å². The molecule has 0 aromatic heterocycles. The number of esters is 2. The molecule has 3 N–H and O–H groups in total. The molecule has 0 saturated carbocycles. The Morgan fingerprint density at radius 2 is 1.04 bits per heavy atom. The van der Waals surface area contributed by atoms with Crippen molar-refractivity contribution in [3.05, 3.63) is 24.3 Å². The van der Waals surface area contributed by atoms with Gasteiger partial charge in [0, 0.05) is 12.8 Å². The molecule has 0 aliphatic rings. The summed E-state index contributed by atoms with van der Waals surface area (Å²) in [6.07, 6.45) is 35.0. The van der Waals surface area contributed by atoms with E-state index >= 15 is 0 Å². The molecule has 0 heterocycles. The first-order chi connectivity index (χ1) is 25.1. The van der Waals surface area contributed by atoms with Gasteiger partial charge < -0.3 is 34.3 Å². The standard InChI is InChI=1S/C40H74NO10P.Na/c1-3-5-7-9-11-13-15-17-18-20-22-24-26-28-30-32-39(43)51-36(34-49-52(46,47)50-35-37(41)40(44)45)33-48-38(42)31-29-27-25-23-21-19-16-14-12-10-8-6-4-2;/h11,13,17-18,36-37H,3-10,12,14-16,19-35,41H2,1-2H3,(H,44,45)(H,46,47);/q;+1/p-1/b13-11-,18-17-;/t36-,37+;/m1./s1. The molecule has 53 heavy (non-hydrogen) atoms. The van der Waals surface area contributed by atoms with Crippen LogP contribution in [0, 0.1) is 0 Å². The fourth-order valence-electron chi connectivity index (χ4n) is 5.44. The quantitative estimate of drug-likeness (QED) is 0.0226. The Morgan fingerprint density at radius 1 is 0.623 bits per heavy atom. The summed E-state index contributed by atoms with van der Waals surface area (Å²) in [5, 5.41) is 8.85. The van der Waals surface area contributed by atoms with E-state index in [0.29, 0.717) is 12.8 Å². The van der Waals surface area contributed by atoms with Crippen molar-refractivity contribution >= 4 is 25.7 Å². The van der Waals surface area contributed by atoms with Crippen molar-refractivity contribution in [2.75, 3.05) is 19.8 Å². The van der Waals surface area contributed by atoms with Crippen LogP contribution in [0.2, 0.25) is 0 Å². The molecule has 3 atom stereocenters. The van der Waals surface area contributed by atoms with E-state index in [9.17, 15) is 23.8 Å². The second-order valence-corrected chi connectivity index (χ2v) is 15.2. The minimum Gasteiger partial charge on any atom is -0.756 e. The molecule has 0 radical (unpaired) electrons. The maximum absolute atomic E-state index is 12.6. The average molecular weight is 782 g/mol. The van der Waals surface area contributed by atoms with Crippen LogP contribution in [0.25, 0.3) is 0 Å². The van der Waals surface area contributed by atoms with Crippen LogP contribution in [0.15, 0.2) is 24.3 Å². The van der Waals surface area contributed by atoms with Gasteiger partial charge >= 0.3 is 47.5 Å². The number of allylic oxidation sites excluding steroid dienone is 4. The van der Waals surface area contributed by atoms with Crippen molar-refractivity contribution in [2.45, 2.75) is 193 Å². The third-order valence-electron chi connectivity index (χ3n) is 8.69.